The Hall–Kier alpha value is -0.360. The molecule has 0 aromatic rings. The van der Waals surface area contributed by atoms with Gasteiger partial charge in [-0.3, -0.25) is 4.57 Å². The van der Waals surface area contributed by atoms with Crippen LogP contribution in [0.5, 0.6) is 0 Å². The smallest absolute Gasteiger partial charge is 0.159 e. The van der Waals surface area contributed by atoms with Crippen molar-refractivity contribution < 1.29 is 4.57 Å². The fourth-order valence-electron chi connectivity index (χ4n) is 0.104. The van der Waals surface area contributed by atoms with Gasteiger partial charge in [-0.2, -0.15) is 0 Å². The molecule has 0 aliphatic rings. The van der Waals surface area contributed by atoms with Crippen molar-refractivity contribution in [1.29, 1.82) is 0 Å². The van der Waals surface area contributed by atoms with Crippen LogP contribution < -0.4 is 5.73 Å². The lowest BCUT2D eigenvalue weighted by molar-refractivity contribution is 0.600. The molecule has 0 bridgehead atoms. The first-order chi connectivity index (χ1) is 2.91. The Morgan fingerprint density at radius 2 is 2.50 bits per heavy atom. The highest BCUT2D eigenvalue weighted by Gasteiger charge is 1.65. The van der Waals surface area contributed by atoms with E-state index in [0.717, 1.165) is 0 Å². The van der Waals surface area contributed by atoms with Gasteiger partial charge in [-0.25, -0.2) is 0 Å². The van der Waals surface area contributed by atoms with E-state index in [1.807, 2.05) is 0 Å². The second kappa shape index (κ2) is 4.64. The van der Waals surface area contributed by atoms with Crippen molar-refractivity contribution in [2.75, 3.05) is 6.16 Å². The maximum Gasteiger partial charge on any atom is 0.159 e. The van der Waals surface area contributed by atoms with Crippen molar-refractivity contribution in [1.82, 2.24) is 0 Å². The molecular formula is C3H6NOP. The lowest BCUT2D eigenvalue weighted by atomic mass is 10.7. The van der Waals surface area contributed by atoms with Gasteiger partial charge >= 0.3 is 0 Å². The summed E-state index contributed by atoms with van der Waals surface area (Å²) in [6.45, 7) is 0. The second-order valence-corrected chi connectivity index (χ2v) is 1.36. The number of rotatable bonds is 2. The molecule has 0 fully saturated rings. The van der Waals surface area contributed by atoms with Crippen LogP contribution in [0.2, 0.25) is 0 Å². The minimum absolute atomic E-state index is 0.129. The van der Waals surface area contributed by atoms with Crippen molar-refractivity contribution in [2.45, 2.75) is 0 Å². The first kappa shape index (κ1) is 5.64. The molecule has 0 rings (SSSR count). The van der Waals surface area contributed by atoms with E-state index in [1.165, 1.54) is 6.20 Å². The minimum Gasteiger partial charge on any atom is -0.405 e. The Labute approximate surface area is 38.2 Å². The second-order valence-electron chi connectivity index (χ2n) is 0.740. The number of allylic oxidation sites excluding steroid dienone is 1. The fourth-order valence-corrected chi connectivity index (χ4v) is 0.312. The standard InChI is InChI=1S/C3H6NOP/c4-2-1-3-6-5/h1-2H,3-4H2. The van der Waals surface area contributed by atoms with Crippen LogP contribution in [0.4, 0.5) is 0 Å². The minimum atomic E-state index is 0.129. The van der Waals surface area contributed by atoms with Gasteiger partial charge in [-0.05, 0) is 6.20 Å². The molecule has 0 aromatic carbocycles. The lowest BCUT2D eigenvalue weighted by Gasteiger charge is -1.65. The van der Waals surface area contributed by atoms with E-state index in [1.54, 1.807) is 6.08 Å². The van der Waals surface area contributed by atoms with Crippen LogP contribution in [0, 0.1) is 0 Å². The largest absolute Gasteiger partial charge is 0.405 e. The summed E-state index contributed by atoms with van der Waals surface area (Å²) in [7, 11) is 0.129. The maximum absolute atomic E-state index is 9.55. The molecule has 2 nitrogen and oxygen atoms in total. The predicted octanol–water partition coefficient (Wildman–Crippen LogP) is 0.751. The number of nitrogens with two attached hydrogens (primary N) is 1. The Kier molecular flexibility index (Phi) is 4.36. The molecule has 6 heavy (non-hydrogen) atoms. The maximum atomic E-state index is 9.55. The summed E-state index contributed by atoms with van der Waals surface area (Å²) in [5.74, 6) is 0. The summed E-state index contributed by atoms with van der Waals surface area (Å²) in [4.78, 5) is 0. The Balaban J connectivity index is 2.85. The molecule has 0 spiro atoms. The average Bonchev–Trinajstić information content (AvgIpc) is 1.61. The van der Waals surface area contributed by atoms with Crippen LogP contribution in [-0.2, 0) is 4.57 Å². The zero-order valence-electron chi connectivity index (χ0n) is 3.29. The van der Waals surface area contributed by atoms with Crippen molar-refractivity contribution in [3.05, 3.63) is 12.3 Å². The van der Waals surface area contributed by atoms with Crippen molar-refractivity contribution in [3.8, 4) is 0 Å². The zero-order chi connectivity index (χ0) is 4.83. The van der Waals surface area contributed by atoms with Crippen molar-refractivity contribution >= 4 is 8.46 Å². The first-order valence-corrected chi connectivity index (χ1v) is 2.57. The molecule has 0 aromatic heterocycles. The molecule has 0 aliphatic heterocycles. The van der Waals surface area contributed by atoms with Gasteiger partial charge < -0.3 is 5.73 Å². The normalized spacial score (nSPS) is 10.7. The molecule has 0 saturated heterocycles. The monoisotopic (exact) mass is 103 g/mol. The third-order valence-corrected chi connectivity index (χ3v) is 0.676. The zero-order valence-corrected chi connectivity index (χ0v) is 4.19. The van der Waals surface area contributed by atoms with Gasteiger partial charge in [0, 0.05) is 6.16 Å². The van der Waals surface area contributed by atoms with E-state index >= 15 is 0 Å². The molecule has 34 valence electrons. The molecule has 2 N–H and O–H groups in total. The van der Waals surface area contributed by atoms with E-state index in [2.05, 4.69) is 0 Å². The quantitative estimate of drug-likeness (QED) is 0.524. The summed E-state index contributed by atoms with van der Waals surface area (Å²) in [5, 5.41) is 0. The van der Waals surface area contributed by atoms with Gasteiger partial charge in [0.15, 0.2) is 8.46 Å². The van der Waals surface area contributed by atoms with E-state index in [-0.39, 0.29) is 8.46 Å². The number of hydrogen-bond acceptors (Lipinski definition) is 2. The van der Waals surface area contributed by atoms with Crippen LogP contribution in [0.15, 0.2) is 12.3 Å². The summed E-state index contributed by atoms with van der Waals surface area (Å²) < 4.78 is 9.55. The molecule has 0 saturated carbocycles. The molecule has 0 amide bonds. The van der Waals surface area contributed by atoms with Crippen LogP contribution in [0.1, 0.15) is 0 Å². The van der Waals surface area contributed by atoms with Crippen LogP contribution in [-0.4, -0.2) is 6.16 Å². The van der Waals surface area contributed by atoms with Gasteiger partial charge in [0.05, 0.1) is 0 Å². The van der Waals surface area contributed by atoms with Gasteiger partial charge in [0.25, 0.3) is 0 Å². The van der Waals surface area contributed by atoms with Gasteiger partial charge in [0.2, 0.25) is 0 Å². The lowest BCUT2D eigenvalue weighted by Crippen LogP contribution is -1.74. The molecular weight excluding hydrogens is 97.0 g/mol. The predicted molar refractivity (Wildman–Crippen MR) is 25.8 cm³/mol. The third-order valence-electron chi connectivity index (χ3n) is 0.316. The van der Waals surface area contributed by atoms with Crippen LogP contribution in [0.25, 0.3) is 0 Å². The molecule has 0 radical (unpaired) electrons. The van der Waals surface area contributed by atoms with Gasteiger partial charge in [0.1, 0.15) is 0 Å². The van der Waals surface area contributed by atoms with E-state index in [4.69, 9.17) is 5.73 Å². The average molecular weight is 103 g/mol. The topological polar surface area (TPSA) is 43.1 Å². The molecule has 0 aliphatic carbocycles. The summed E-state index contributed by atoms with van der Waals surface area (Å²) in [6, 6.07) is 0. The van der Waals surface area contributed by atoms with Crippen LogP contribution in [0.3, 0.4) is 0 Å². The van der Waals surface area contributed by atoms with E-state index < -0.39 is 0 Å². The summed E-state index contributed by atoms with van der Waals surface area (Å²) in [5.41, 5.74) is 4.89. The molecule has 0 heterocycles. The Morgan fingerprint density at radius 3 is 2.67 bits per heavy atom. The number of hydrogen-bond donors (Lipinski definition) is 1. The molecule has 0 unspecified atom stereocenters. The van der Waals surface area contributed by atoms with Gasteiger partial charge in [-0.1, -0.05) is 6.08 Å². The molecule has 0 atom stereocenters. The third kappa shape index (κ3) is 3.64. The highest BCUT2D eigenvalue weighted by atomic mass is 31.1. The summed E-state index contributed by atoms with van der Waals surface area (Å²) in [6.07, 6.45) is 3.54. The van der Waals surface area contributed by atoms with Crippen molar-refractivity contribution in [3.63, 3.8) is 0 Å². The fraction of sp³-hybridized carbons (Fsp3) is 0.333. The first-order valence-electron chi connectivity index (χ1n) is 1.57. The Morgan fingerprint density at radius 1 is 1.83 bits per heavy atom. The van der Waals surface area contributed by atoms with Crippen molar-refractivity contribution in [2.24, 2.45) is 5.73 Å². The van der Waals surface area contributed by atoms with E-state index in [9.17, 15) is 4.57 Å². The summed E-state index contributed by atoms with van der Waals surface area (Å²) >= 11 is 0. The molecule has 3 heteroatoms. The Bertz CT molecular complexity index is 61.8. The highest BCUT2D eigenvalue weighted by molar-refractivity contribution is 7.23. The van der Waals surface area contributed by atoms with Gasteiger partial charge in [-0.15, -0.1) is 0 Å². The van der Waals surface area contributed by atoms with E-state index in [0.29, 0.717) is 6.16 Å². The highest BCUT2D eigenvalue weighted by Crippen LogP contribution is 1.87. The SMILES string of the molecule is NC=CCP=O. The van der Waals surface area contributed by atoms with Crippen LogP contribution >= 0.6 is 8.46 Å².